The number of hydrogen-bond donors (Lipinski definition) is 2. The largest absolute Gasteiger partial charge is 0.370 e. The minimum absolute atomic E-state index is 0.0971. The number of morpholine rings is 1. The first-order valence-corrected chi connectivity index (χ1v) is 8.51. The molecule has 0 spiro atoms. The van der Waals surface area contributed by atoms with Crippen LogP contribution in [0.25, 0.3) is 0 Å². The lowest BCUT2D eigenvalue weighted by molar-refractivity contribution is -0.937. The molecule has 4 nitrogen and oxygen atoms in total. The van der Waals surface area contributed by atoms with E-state index in [1.54, 1.807) is 11.3 Å². The van der Waals surface area contributed by atoms with Gasteiger partial charge in [0.1, 0.15) is 19.1 Å². The molecule has 1 aliphatic heterocycles. The van der Waals surface area contributed by atoms with Crippen LogP contribution in [-0.2, 0) is 9.53 Å². The Hall–Kier alpha value is -0.620. The molecule has 2 N–H and O–H groups in total. The van der Waals surface area contributed by atoms with Gasteiger partial charge in [0.2, 0.25) is 5.91 Å². The van der Waals surface area contributed by atoms with Crippen molar-refractivity contribution >= 4 is 28.8 Å². The molecule has 0 radical (unpaired) electrons. The van der Waals surface area contributed by atoms with Gasteiger partial charge in [-0.2, -0.15) is 0 Å². The molecule has 0 unspecified atom stereocenters. The zero-order valence-corrected chi connectivity index (χ0v) is 13.1. The summed E-state index contributed by atoms with van der Waals surface area (Å²) in [6.45, 7) is 4.30. The molecule has 0 bridgehead atoms. The van der Waals surface area contributed by atoms with Crippen LogP contribution in [0, 0.1) is 0 Å². The number of alkyl halides is 1. The summed E-state index contributed by atoms with van der Waals surface area (Å²) in [4.78, 5) is 14.6. The minimum Gasteiger partial charge on any atom is -0.370 e. The van der Waals surface area contributed by atoms with Crippen molar-refractivity contribution in [1.82, 2.24) is 5.32 Å². The average molecular weight is 318 g/mol. The number of carbonyl (C=O) groups excluding carboxylic acids is 1. The molecule has 2 heterocycles. The van der Waals surface area contributed by atoms with E-state index in [1.165, 1.54) is 9.78 Å². The third kappa shape index (κ3) is 4.74. The first-order chi connectivity index (χ1) is 9.81. The van der Waals surface area contributed by atoms with E-state index in [9.17, 15) is 4.79 Å². The van der Waals surface area contributed by atoms with Crippen molar-refractivity contribution in [3.63, 3.8) is 0 Å². The highest BCUT2D eigenvalue weighted by Gasteiger charge is 2.27. The zero-order valence-electron chi connectivity index (χ0n) is 11.6. The summed E-state index contributed by atoms with van der Waals surface area (Å²) in [7, 11) is 0. The van der Waals surface area contributed by atoms with Crippen molar-refractivity contribution in [1.29, 1.82) is 0 Å². The Labute approximate surface area is 129 Å². The molecule has 2 rings (SSSR count). The van der Waals surface area contributed by atoms with Gasteiger partial charge in [0.05, 0.1) is 24.6 Å². The van der Waals surface area contributed by atoms with Crippen LogP contribution < -0.4 is 10.2 Å². The van der Waals surface area contributed by atoms with Crippen LogP contribution in [0.15, 0.2) is 17.5 Å². The summed E-state index contributed by atoms with van der Waals surface area (Å²) >= 11 is 7.38. The molecule has 1 aliphatic rings. The first-order valence-electron chi connectivity index (χ1n) is 7.09. The highest BCUT2D eigenvalue weighted by Crippen LogP contribution is 2.16. The normalized spacial score (nSPS) is 17.9. The van der Waals surface area contributed by atoms with Gasteiger partial charge < -0.3 is 15.0 Å². The lowest BCUT2D eigenvalue weighted by atomic mass is 10.2. The van der Waals surface area contributed by atoms with Gasteiger partial charge in [-0.1, -0.05) is 6.07 Å². The van der Waals surface area contributed by atoms with Crippen LogP contribution in [0.5, 0.6) is 0 Å². The Morgan fingerprint density at radius 3 is 2.95 bits per heavy atom. The number of amides is 1. The summed E-state index contributed by atoms with van der Waals surface area (Å²) in [5.74, 6) is 0.635. The van der Waals surface area contributed by atoms with Crippen LogP contribution in [-0.4, -0.2) is 44.6 Å². The zero-order chi connectivity index (χ0) is 14.2. The second-order valence-corrected chi connectivity index (χ2v) is 6.29. The van der Waals surface area contributed by atoms with Gasteiger partial charge in [-0.3, -0.25) is 4.79 Å². The fourth-order valence-corrected chi connectivity index (χ4v) is 3.47. The molecule has 1 aromatic rings. The number of rotatable bonds is 7. The number of halogens is 1. The molecule has 0 aromatic carbocycles. The number of carbonyl (C=O) groups is 1. The number of nitrogens with one attached hydrogen (secondary N) is 2. The van der Waals surface area contributed by atoms with Crippen LogP contribution in [0.1, 0.15) is 23.8 Å². The van der Waals surface area contributed by atoms with Gasteiger partial charge in [0.15, 0.2) is 0 Å². The maximum absolute atomic E-state index is 11.8. The summed E-state index contributed by atoms with van der Waals surface area (Å²) in [6.07, 6.45) is 1.25. The van der Waals surface area contributed by atoms with Crippen LogP contribution in [0.4, 0.5) is 0 Å². The fraction of sp³-hybridized carbons (Fsp3) is 0.643. The monoisotopic (exact) mass is 317 g/mol. The van der Waals surface area contributed by atoms with Crippen molar-refractivity contribution in [3.8, 4) is 0 Å². The molecular weight excluding hydrogens is 296 g/mol. The third-order valence-electron chi connectivity index (χ3n) is 3.56. The highest BCUT2D eigenvalue weighted by molar-refractivity contribution is 7.10. The number of thiophene rings is 1. The molecular formula is C14H22ClN2O2S+. The van der Waals surface area contributed by atoms with E-state index in [1.807, 2.05) is 0 Å². The van der Waals surface area contributed by atoms with Crippen molar-refractivity contribution in [2.75, 3.05) is 38.7 Å². The predicted molar refractivity (Wildman–Crippen MR) is 81.5 cm³/mol. The average Bonchev–Trinajstić information content (AvgIpc) is 3.00. The lowest BCUT2D eigenvalue weighted by Crippen LogP contribution is -3.15. The Balaban J connectivity index is 1.91. The van der Waals surface area contributed by atoms with Crippen LogP contribution in [0.3, 0.4) is 0 Å². The number of hydrogen-bond acceptors (Lipinski definition) is 3. The van der Waals surface area contributed by atoms with Crippen molar-refractivity contribution in [2.45, 2.75) is 18.9 Å². The van der Waals surface area contributed by atoms with Crippen molar-refractivity contribution in [3.05, 3.63) is 22.4 Å². The Morgan fingerprint density at radius 2 is 2.30 bits per heavy atom. The molecule has 1 atom stereocenters. The fourth-order valence-electron chi connectivity index (χ4n) is 2.45. The maximum Gasteiger partial charge on any atom is 0.220 e. The van der Waals surface area contributed by atoms with Gasteiger partial charge >= 0.3 is 0 Å². The number of quaternary nitrogens is 1. The van der Waals surface area contributed by atoms with Crippen molar-refractivity contribution < 1.29 is 14.4 Å². The Morgan fingerprint density at radius 1 is 1.50 bits per heavy atom. The minimum atomic E-state index is 0.0971. The summed E-state index contributed by atoms with van der Waals surface area (Å²) in [6, 6.07) is 4.56. The van der Waals surface area contributed by atoms with E-state index in [-0.39, 0.29) is 5.91 Å². The standard InChI is InChI=1S/C14H21ClN2O2S/c15-5-1-4-14(18)16-11-12(13-3-2-10-20-13)17-6-8-19-9-7-17/h2-3,10,12H,1,4-9,11H2,(H,16,18)/p+1/t12-/m1/s1. The molecule has 1 amide bonds. The molecule has 1 saturated heterocycles. The van der Waals surface area contributed by atoms with E-state index in [4.69, 9.17) is 16.3 Å². The van der Waals surface area contributed by atoms with E-state index in [0.29, 0.717) is 24.9 Å². The van der Waals surface area contributed by atoms with Gasteiger partial charge in [-0.15, -0.1) is 22.9 Å². The van der Waals surface area contributed by atoms with E-state index in [0.717, 1.165) is 32.7 Å². The SMILES string of the molecule is O=C(CCCCl)NC[C@H](c1cccs1)[NH+]1CCOCC1. The van der Waals surface area contributed by atoms with Crippen LogP contribution >= 0.6 is 22.9 Å². The summed E-state index contributed by atoms with van der Waals surface area (Å²) < 4.78 is 5.43. The predicted octanol–water partition coefficient (Wildman–Crippen LogP) is 0.840. The Kier molecular flexibility index (Phi) is 6.79. The highest BCUT2D eigenvalue weighted by atomic mass is 35.5. The molecule has 0 saturated carbocycles. The quantitative estimate of drug-likeness (QED) is 0.732. The van der Waals surface area contributed by atoms with E-state index >= 15 is 0 Å². The smallest absolute Gasteiger partial charge is 0.220 e. The molecule has 6 heteroatoms. The second-order valence-electron chi connectivity index (χ2n) is 4.94. The van der Waals surface area contributed by atoms with Crippen molar-refractivity contribution in [2.24, 2.45) is 0 Å². The molecule has 1 fully saturated rings. The molecule has 1 aromatic heterocycles. The maximum atomic E-state index is 11.8. The molecule has 112 valence electrons. The van der Waals surface area contributed by atoms with Gasteiger partial charge in [-0.05, 0) is 17.9 Å². The van der Waals surface area contributed by atoms with Gasteiger partial charge in [0.25, 0.3) is 0 Å². The Bertz CT molecular complexity index is 394. The lowest BCUT2D eigenvalue weighted by Gasteiger charge is -2.31. The van der Waals surface area contributed by atoms with Gasteiger partial charge in [0, 0.05) is 12.3 Å². The second kappa shape index (κ2) is 8.62. The van der Waals surface area contributed by atoms with Gasteiger partial charge in [-0.25, -0.2) is 0 Å². The van der Waals surface area contributed by atoms with Crippen LogP contribution in [0.2, 0.25) is 0 Å². The van der Waals surface area contributed by atoms with E-state index < -0.39 is 0 Å². The third-order valence-corrected chi connectivity index (χ3v) is 4.81. The summed E-state index contributed by atoms with van der Waals surface area (Å²) in [5, 5.41) is 5.15. The molecule has 0 aliphatic carbocycles. The number of ether oxygens (including phenoxy) is 1. The van der Waals surface area contributed by atoms with E-state index in [2.05, 4.69) is 22.8 Å². The topological polar surface area (TPSA) is 42.8 Å². The summed E-state index contributed by atoms with van der Waals surface area (Å²) in [5.41, 5.74) is 0. The molecule has 20 heavy (non-hydrogen) atoms. The first kappa shape index (κ1) is 15.8.